The van der Waals surface area contributed by atoms with Crippen molar-refractivity contribution in [3.8, 4) is 0 Å². The van der Waals surface area contributed by atoms with E-state index in [0.717, 1.165) is 12.1 Å². The van der Waals surface area contributed by atoms with Crippen LogP contribution in [-0.4, -0.2) is 5.91 Å². The predicted octanol–water partition coefficient (Wildman–Crippen LogP) is 2.95. The first kappa shape index (κ1) is 14.8. The van der Waals surface area contributed by atoms with E-state index < -0.39 is 34.7 Å². The highest BCUT2D eigenvalue weighted by Gasteiger charge is 2.14. The molecule has 0 aliphatic rings. The molecule has 0 heterocycles. The van der Waals surface area contributed by atoms with Gasteiger partial charge in [-0.15, -0.1) is 0 Å². The minimum atomic E-state index is -1.09. The van der Waals surface area contributed by atoms with Crippen LogP contribution in [0.15, 0.2) is 30.3 Å². The third-order valence-corrected chi connectivity index (χ3v) is 2.82. The van der Waals surface area contributed by atoms with E-state index in [9.17, 15) is 22.4 Å². The summed E-state index contributed by atoms with van der Waals surface area (Å²) in [6.07, 6.45) is 0. The molecule has 3 N–H and O–H groups in total. The van der Waals surface area contributed by atoms with Crippen LogP contribution in [0.2, 0.25) is 0 Å². The van der Waals surface area contributed by atoms with Gasteiger partial charge in [0.25, 0.3) is 5.91 Å². The maximum atomic E-state index is 13.6. The standard InChI is InChI=1S/C14H10F4N2O/c15-9-3-1-2-7(13(9)18)6-20-12-4-8(14(19)21)10(16)5-11(12)17/h1-5,20H,6H2,(H2,19,21). The Bertz CT molecular complexity index is 704. The van der Waals surface area contributed by atoms with Gasteiger partial charge < -0.3 is 11.1 Å². The molecule has 7 heteroatoms. The van der Waals surface area contributed by atoms with Gasteiger partial charge in [0.1, 0.15) is 11.6 Å². The Hall–Kier alpha value is -2.57. The lowest BCUT2D eigenvalue weighted by molar-refractivity contribution is 0.0996. The quantitative estimate of drug-likeness (QED) is 0.853. The number of benzene rings is 2. The van der Waals surface area contributed by atoms with Crippen molar-refractivity contribution < 1.29 is 22.4 Å². The van der Waals surface area contributed by atoms with Crippen LogP contribution in [0.5, 0.6) is 0 Å². The summed E-state index contributed by atoms with van der Waals surface area (Å²) in [5.74, 6) is -5.24. The highest BCUT2D eigenvalue weighted by atomic mass is 19.2. The third kappa shape index (κ3) is 3.13. The van der Waals surface area contributed by atoms with Crippen LogP contribution in [0.4, 0.5) is 23.2 Å². The van der Waals surface area contributed by atoms with Crippen LogP contribution in [-0.2, 0) is 6.54 Å². The van der Waals surface area contributed by atoms with Gasteiger partial charge in [-0.3, -0.25) is 4.79 Å². The van der Waals surface area contributed by atoms with E-state index in [1.54, 1.807) is 0 Å². The van der Waals surface area contributed by atoms with E-state index >= 15 is 0 Å². The smallest absolute Gasteiger partial charge is 0.251 e. The Morgan fingerprint density at radius 1 is 1.05 bits per heavy atom. The molecular weight excluding hydrogens is 288 g/mol. The lowest BCUT2D eigenvalue weighted by Crippen LogP contribution is -2.14. The molecule has 0 unspecified atom stereocenters. The molecule has 0 saturated carbocycles. The van der Waals surface area contributed by atoms with Gasteiger partial charge >= 0.3 is 0 Å². The Balaban J connectivity index is 2.26. The first-order chi connectivity index (χ1) is 9.90. The highest BCUT2D eigenvalue weighted by molar-refractivity contribution is 5.94. The third-order valence-electron chi connectivity index (χ3n) is 2.82. The lowest BCUT2D eigenvalue weighted by Gasteiger charge is -2.10. The summed E-state index contributed by atoms with van der Waals surface area (Å²) in [5, 5.41) is 2.46. The molecular formula is C14H10F4N2O. The van der Waals surface area contributed by atoms with Gasteiger partial charge in [0.15, 0.2) is 11.6 Å². The molecule has 2 aromatic carbocycles. The highest BCUT2D eigenvalue weighted by Crippen LogP contribution is 2.21. The van der Waals surface area contributed by atoms with Crippen molar-refractivity contribution in [3.05, 3.63) is 64.7 Å². The van der Waals surface area contributed by atoms with E-state index in [4.69, 9.17) is 5.73 Å². The zero-order chi connectivity index (χ0) is 15.6. The first-order valence-electron chi connectivity index (χ1n) is 5.85. The fourth-order valence-electron chi connectivity index (χ4n) is 1.75. The lowest BCUT2D eigenvalue weighted by atomic mass is 10.1. The minimum Gasteiger partial charge on any atom is -0.378 e. The summed E-state index contributed by atoms with van der Waals surface area (Å²) in [5.41, 5.74) is 4.16. The summed E-state index contributed by atoms with van der Waals surface area (Å²) in [4.78, 5) is 11.0. The number of halogens is 4. The van der Waals surface area contributed by atoms with Crippen molar-refractivity contribution in [1.82, 2.24) is 0 Å². The van der Waals surface area contributed by atoms with Crippen LogP contribution in [0.3, 0.4) is 0 Å². The molecule has 0 saturated heterocycles. The predicted molar refractivity (Wildman–Crippen MR) is 68.6 cm³/mol. The first-order valence-corrected chi connectivity index (χ1v) is 5.85. The van der Waals surface area contributed by atoms with Crippen LogP contribution in [0, 0.1) is 23.3 Å². The topological polar surface area (TPSA) is 55.1 Å². The minimum absolute atomic E-state index is 0.0423. The number of hydrogen-bond donors (Lipinski definition) is 2. The Labute approximate surface area is 117 Å². The molecule has 0 fully saturated rings. The SMILES string of the molecule is NC(=O)c1cc(NCc2cccc(F)c2F)c(F)cc1F. The van der Waals surface area contributed by atoms with E-state index in [-0.39, 0.29) is 17.8 Å². The Morgan fingerprint density at radius 3 is 2.43 bits per heavy atom. The average molecular weight is 298 g/mol. The average Bonchev–Trinajstić information content (AvgIpc) is 2.41. The summed E-state index contributed by atoms with van der Waals surface area (Å²) in [7, 11) is 0. The van der Waals surface area contributed by atoms with E-state index in [2.05, 4.69) is 5.32 Å². The van der Waals surface area contributed by atoms with E-state index in [1.165, 1.54) is 12.1 Å². The molecule has 0 atom stereocenters. The Kier molecular flexibility index (Phi) is 4.11. The maximum Gasteiger partial charge on any atom is 0.251 e. The number of hydrogen-bond acceptors (Lipinski definition) is 2. The maximum absolute atomic E-state index is 13.6. The molecule has 1 amide bonds. The van der Waals surface area contributed by atoms with Crippen molar-refractivity contribution in [2.75, 3.05) is 5.32 Å². The van der Waals surface area contributed by atoms with Crippen LogP contribution in [0.25, 0.3) is 0 Å². The second kappa shape index (κ2) is 5.82. The molecule has 2 aromatic rings. The monoisotopic (exact) mass is 298 g/mol. The van der Waals surface area contributed by atoms with E-state index in [0.29, 0.717) is 6.07 Å². The second-order valence-electron chi connectivity index (χ2n) is 4.24. The van der Waals surface area contributed by atoms with Crippen molar-refractivity contribution in [2.24, 2.45) is 5.73 Å². The number of rotatable bonds is 4. The number of amides is 1. The summed E-state index contributed by atoms with van der Waals surface area (Å²) < 4.78 is 53.3. The fourth-order valence-corrected chi connectivity index (χ4v) is 1.75. The molecule has 0 aromatic heterocycles. The van der Waals surface area contributed by atoms with Gasteiger partial charge in [0.05, 0.1) is 11.3 Å². The van der Waals surface area contributed by atoms with Crippen molar-refractivity contribution in [3.63, 3.8) is 0 Å². The second-order valence-corrected chi connectivity index (χ2v) is 4.24. The molecule has 21 heavy (non-hydrogen) atoms. The summed E-state index contributed by atoms with van der Waals surface area (Å²) in [6, 6.07) is 4.92. The van der Waals surface area contributed by atoms with E-state index in [1.807, 2.05) is 0 Å². The normalized spacial score (nSPS) is 10.5. The fraction of sp³-hybridized carbons (Fsp3) is 0.0714. The largest absolute Gasteiger partial charge is 0.378 e. The van der Waals surface area contributed by atoms with Crippen LogP contribution in [0.1, 0.15) is 15.9 Å². The van der Waals surface area contributed by atoms with Crippen molar-refractivity contribution in [2.45, 2.75) is 6.54 Å². The molecule has 2 rings (SSSR count). The zero-order valence-electron chi connectivity index (χ0n) is 10.6. The summed E-state index contributed by atoms with van der Waals surface area (Å²) in [6.45, 7) is -0.246. The van der Waals surface area contributed by atoms with Crippen LogP contribution >= 0.6 is 0 Å². The number of nitrogens with two attached hydrogens (primary N) is 1. The molecule has 3 nitrogen and oxygen atoms in total. The van der Waals surface area contributed by atoms with Gasteiger partial charge in [0, 0.05) is 18.2 Å². The molecule has 0 aliphatic heterocycles. The van der Waals surface area contributed by atoms with Gasteiger partial charge in [-0.1, -0.05) is 12.1 Å². The number of anilines is 1. The molecule has 0 aliphatic carbocycles. The number of carbonyl (C=O) groups is 1. The zero-order valence-corrected chi connectivity index (χ0v) is 10.6. The van der Waals surface area contributed by atoms with Gasteiger partial charge in [-0.25, -0.2) is 17.6 Å². The van der Waals surface area contributed by atoms with Crippen molar-refractivity contribution >= 4 is 11.6 Å². The number of nitrogens with one attached hydrogen (secondary N) is 1. The summed E-state index contributed by atoms with van der Waals surface area (Å²) >= 11 is 0. The number of carbonyl (C=O) groups excluding carboxylic acids is 1. The molecule has 0 spiro atoms. The number of primary amides is 1. The molecule has 110 valence electrons. The molecule has 0 bridgehead atoms. The molecule has 0 radical (unpaired) electrons. The van der Waals surface area contributed by atoms with Crippen molar-refractivity contribution in [1.29, 1.82) is 0 Å². The van der Waals surface area contributed by atoms with Crippen LogP contribution < -0.4 is 11.1 Å². The van der Waals surface area contributed by atoms with Gasteiger partial charge in [-0.05, 0) is 12.1 Å². The Morgan fingerprint density at radius 2 is 1.76 bits per heavy atom. The van der Waals surface area contributed by atoms with Gasteiger partial charge in [-0.2, -0.15) is 0 Å². The van der Waals surface area contributed by atoms with Gasteiger partial charge in [0.2, 0.25) is 0 Å².